The largest absolute Gasteiger partial charge is 0.316 e. The van der Waals surface area contributed by atoms with Crippen molar-refractivity contribution in [3.8, 4) is 0 Å². The van der Waals surface area contributed by atoms with Gasteiger partial charge in [0, 0.05) is 18.0 Å². The standard InChI is InChI=1S/C14H10N4O2/c19-12(10-5-2-1-3-6-10)17-11-9-16-14-15-7-4-8-18(14)13(11)20/h1-9H,(H,17,19). The number of hydrogen-bond acceptors (Lipinski definition) is 4. The lowest BCUT2D eigenvalue weighted by Crippen LogP contribution is -2.23. The third-order valence-corrected chi connectivity index (χ3v) is 2.77. The Kier molecular flexibility index (Phi) is 2.96. The van der Waals surface area contributed by atoms with Crippen LogP contribution in [0.3, 0.4) is 0 Å². The van der Waals surface area contributed by atoms with E-state index in [9.17, 15) is 9.59 Å². The number of carbonyl (C=O) groups is 1. The van der Waals surface area contributed by atoms with Crippen molar-refractivity contribution in [2.45, 2.75) is 0 Å². The van der Waals surface area contributed by atoms with E-state index in [2.05, 4.69) is 15.3 Å². The molecule has 98 valence electrons. The van der Waals surface area contributed by atoms with E-state index in [-0.39, 0.29) is 22.9 Å². The molecule has 3 rings (SSSR count). The number of benzene rings is 1. The Bertz CT molecular complexity index is 827. The molecule has 2 heterocycles. The van der Waals surface area contributed by atoms with E-state index in [1.54, 1.807) is 42.7 Å². The molecule has 1 aromatic carbocycles. The molecule has 2 aromatic heterocycles. The van der Waals surface area contributed by atoms with Crippen molar-refractivity contribution in [2.75, 3.05) is 5.32 Å². The molecular weight excluding hydrogens is 256 g/mol. The van der Waals surface area contributed by atoms with Crippen LogP contribution < -0.4 is 10.9 Å². The molecule has 0 aliphatic rings. The van der Waals surface area contributed by atoms with Gasteiger partial charge in [-0.25, -0.2) is 9.97 Å². The number of aromatic nitrogens is 3. The SMILES string of the molecule is O=C(Nc1cnc2ncccn2c1=O)c1ccccc1. The third-order valence-electron chi connectivity index (χ3n) is 2.77. The number of fused-ring (bicyclic) bond motifs is 1. The summed E-state index contributed by atoms with van der Waals surface area (Å²) in [6.07, 6.45) is 4.41. The number of nitrogens with one attached hydrogen (secondary N) is 1. The van der Waals surface area contributed by atoms with Crippen LogP contribution in [0.1, 0.15) is 10.4 Å². The zero-order valence-electron chi connectivity index (χ0n) is 10.4. The molecule has 6 nitrogen and oxygen atoms in total. The summed E-state index contributed by atoms with van der Waals surface area (Å²) in [7, 11) is 0. The predicted molar refractivity (Wildman–Crippen MR) is 73.7 cm³/mol. The molecule has 6 heteroatoms. The maximum Gasteiger partial charge on any atom is 0.282 e. The molecule has 0 atom stereocenters. The Labute approximate surface area is 113 Å². The van der Waals surface area contributed by atoms with Gasteiger partial charge in [-0.1, -0.05) is 18.2 Å². The minimum atomic E-state index is -0.368. The van der Waals surface area contributed by atoms with Crippen molar-refractivity contribution in [3.63, 3.8) is 0 Å². The molecule has 0 radical (unpaired) electrons. The highest BCUT2D eigenvalue weighted by Crippen LogP contribution is 2.04. The average molecular weight is 266 g/mol. The zero-order valence-corrected chi connectivity index (χ0v) is 10.4. The molecule has 0 bridgehead atoms. The molecule has 0 unspecified atom stereocenters. The minimum absolute atomic E-state index is 0.115. The molecule has 0 saturated carbocycles. The Hall–Kier alpha value is -3.02. The quantitative estimate of drug-likeness (QED) is 0.759. The van der Waals surface area contributed by atoms with Crippen LogP contribution in [0.15, 0.2) is 59.8 Å². The summed E-state index contributed by atoms with van der Waals surface area (Å²) in [6, 6.07) is 10.3. The lowest BCUT2D eigenvalue weighted by Gasteiger charge is -2.05. The minimum Gasteiger partial charge on any atom is -0.316 e. The molecule has 0 saturated heterocycles. The second-order valence-corrected chi connectivity index (χ2v) is 4.09. The molecular formula is C14H10N4O2. The Balaban J connectivity index is 1.98. The number of rotatable bonds is 2. The first-order valence-corrected chi connectivity index (χ1v) is 5.94. The van der Waals surface area contributed by atoms with Crippen LogP contribution in [0.25, 0.3) is 5.78 Å². The number of carbonyl (C=O) groups excluding carboxylic acids is 1. The van der Waals surface area contributed by atoms with Crippen LogP contribution in [0.5, 0.6) is 0 Å². The molecule has 20 heavy (non-hydrogen) atoms. The van der Waals surface area contributed by atoms with Crippen LogP contribution >= 0.6 is 0 Å². The zero-order chi connectivity index (χ0) is 13.9. The molecule has 1 amide bonds. The van der Waals surface area contributed by atoms with Crippen LogP contribution in [0.2, 0.25) is 0 Å². The smallest absolute Gasteiger partial charge is 0.282 e. The normalized spacial score (nSPS) is 10.4. The van der Waals surface area contributed by atoms with Crippen molar-refractivity contribution in [3.05, 3.63) is 70.9 Å². The van der Waals surface area contributed by atoms with E-state index in [0.29, 0.717) is 5.56 Å². The van der Waals surface area contributed by atoms with E-state index in [1.807, 2.05) is 6.07 Å². The summed E-state index contributed by atoms with van der Waals surface area (Å²) in [6.45, 7) is 0. The number of anilines is 1. The second-order valence-electron chi connectivity index (χ2n) is 4.09. The maximum atomic E-state index is 12.2. The van der Waals surface area contributed by atoms with Crippen molar-refractivity contribution < 1.29 is 4.79 Å². The summed E-state index contributed by atoms with van der Waals surface area (Å²) in [5.74, 6) is -0.0662. The maximum absolute atomic E-state index is 12.2. The van der Waals surface area contributed by atoms with Crippen molar-refractivity contribution >= 4 is 17.4 Å². The number of nitrogens with zero attached hydrogens (tertiary/aromatic N) is 3. The van der Waals surface area contributed by atoms with Gasteiger partial charge in [0.05, 0.1) is 6.20 Å². The lowest BCUT2D eigenvalue weighted by molar-refractivity contribution is 0.102. The fourth-order valence-corrected chi connectivity index (χ4v) is 1.79. The summed E-state index contributed by atoms with van der Waals surface area (Å²) < 4.78 is 1.28. The number of hydrogen-bond donors (Lipinski definition) is 1. The van der Waals surface area contributed by atoms with Crippen molar-refractivity contribution in [2.24, 2.45) is 0 Å². The Morgan fingerprint density at radius 1 is 1.10 bits per heavy atom. The monoisotopic (exact) mass is 266 g/mol. The van der Waals surface area contributed by atoms with Crippen LogP contribution in [0.4, 0.5) is 5.69 Å². The van der Waals surface area contributed by atoms with Gasteiger partial charge in [-0.3, -0.25) is 14.0 Å². The highest BCUT2D eigenvalue weighted by molar-refractivity contribution is 6.04. The summed E-state index contributed by atoms with van der Waals surface area (Å²) in [5.41, 5.74) is 0.222. The molecule has 3 aromatic rings. The van der Waals surface area contributed by atoms with E-state index >= 15 is 0 Å². The van der Waals surface area contributed by atoms with Gasteiger partial charge in [-0.2, -0.15) is 0 Å². The average Bonchev–Trinajstić information content (AvgIpc) is 2.51. The second kappa shape index (κ2) is 4.93. The molecule has 1 N–H and O–H groups in total. The molecule has 0 aliphatic carbocycles. The van der Waals surface area contributed by atoms with Crippen LogP contribution in [-0.2, 0) is 0 Å². The lowest BCUT2D eigenvalue weighted by atomic mass is 10.2. The summed E-state index contributed by atoms with van der Waals surface area (Å²) in [5, 5.41) is 2.56. The van der Waals surface area contributed by atoms with E-state index < -0.39 is 0 Å². The highest BCUT2D eigenvalue weighted by atomic mass is 16.2. The van der Waals surface area contributed by atoms with Gasteiger partial charge in [0.1, 0.15) is 5.69 Å². The number of amides is 1. The first kappa shape index (κ1) is 12.0. The van der Waals surface area contributed by atoms with Gasteiger partial charge < -0.3 is 5.32 Å². The molecule has 0 aliphatic heterocycles. The van der Waals surface area contributed by atoms with E-state index in [0.717, 1.165) is 0 Å². The molecule has 0 fully saturated rings. The van der Waals surface area contributed by atoms with Crippen LogP contribution in [0, 0.1) is 0 Å². The van der Waals surface area contributed by atoms with Gasteiger partial charge in [-0.05, 0) is 18.2 Å². The molecule has 0 spiro atoms. The highest BCUT2D eigenvalue weighted by Gasteiger charge is 2.10. The van der Waals surface area contributed by atoms with Gasteiger partial charge >= 0.3 is 0 Å². The van der Waals surface area contributed by atoms with Gasteiger partial charge in [0.25, 0.3) is 11.5 Å². The predicted octanol–water partition coefficient (Wildman–Crippen LogP) is 1.34. The first-order chi connectivity index (χ1) is 9.75. The van der Waals surface area contributed by atoms with E-state index in [1.165, 1.54) is 10.6 Å². The fourth-order valence-electron chi connectivity index (χ4n) is 1.79. The van der Waals surface area contributed by atoms with Crippen molar-refractivity contribution in [1.82, 2.24) is 14.4 Å². The van der Waals surface area contributed by atoms with Gasteiger partial charge in [-0.15, -0.1) is 0 Å². The van der Waals surface area contributed by atoms with E-state index in [4.69, 9.17) is 0 Å². The Morgan fingerprint density at radius 3 is 2.70 bits per heavy atom. The van der Waals surface area contributed by atoms with Crippen molar-refractivity contribution in [1.29, 1.82) is 0 Å². The first-order valence-electron chi connectivity index (χ1n) is 5.94. The van der Waals surface area contributed by atoms with Gasteiger partial charge in [0.15, 0.2) is 0 Å². The van der Waals surface area contributed by atoms with Gasteiger partial charge in [0.2, 0.25) is 5.78 Å². The van der Waals surface area contributed by atoms with Crippen LogP contribution in [-0.4, -0.2) is 20.3 Å². The third kappa shape index (κ3) is 2.14. The topological polar surface area (TPSA) is 76.4 Å². The Morgan fingerprint density at radius 2 is 1.90 bits per heavy atom. The fraction of sp³-hybridized carbons (Fsp3) is 0. The summed E-state index contributed by atoms with van der Waals surface area (Å²) in [4.78, 5) is 32.1. The summed E-state index contributed by atoms with van der Waals surface area (Å²) >= 11 is 0.